The molecule has 30 heavy (non-hydrogen) atoms. The molecule has 1 fully saturated rings. The lowest BCUT2D eigenvalue weighted by molar-refractivity contribution is 0.0743. The van der Waals surface area contributed by atoms with E-state index in [1.807, 2.05) is 42.3 Å². The van der Waals surface area contributed by atoms with E-state index in [4.69, 9.17) is 23.2 Å². The highest BCUT2D eigenvalue weighted by molar-refractivity contribution is 9.10. The monoisotopic (exact) mass is 506 g/mol. The second kappa shape index (κ2) is 9.10. The van der Waals surface area contributed by atoms with Crippen molar-refractivity contribution < 1.29 is 4.79 Å². The number of hydrogen-bond acceptors (Lipinski definition) is 3. The van der Waals surface area contributed by atoms with E-state index in [0.717, 1.165) is 47.2 Å². The van der Waals surface area contributed by atoms with E-state index in [0.29, 0.717) is 21.4 Å². The number of halogens is 3. The van der Waals surface area contributed by atoms with Crippen LogP contribution in [0, 0.1) is 6.92 Å². The number of carbonyl (C=O) groups is 1. The smallest absolute Gasteiger partial charge is 0.283 e. The van der Waals surface area contributed by atoms with E-state index < -0.39 is 0 Å². The van der Waals surface area contributed by atoms with Gasteiger partial charge in [0.15, 0.2) is 5.69 Å². The SMILES string of the molecule is Cc1c(C(=O)NN2CCCCC2)nn(-c2ccc(Cl)cc2Cl)c1-c1ccc(Br)cc1. The summed E-state index contributed by atoms with van der Waals surface area (Å²) in [5.74, 6) is -0.211. The van der Waals surface area contributed by atoms with Crippen molar-refractivity contribution in [3.8, 4) is 16.9 Å². The molecule has 1 amide bonds. The van der Waals surface area contributed by atoms with Crippen LogP contribution in [0.25, 0.3) is 16.9 Å². The van der Waals surface area contributed by atoms with Gasteiger partial charge in [-0.25, -0.2) is 9.69 Å². The average molecular weight is 508 g/mol. The molecule has 0 radical (unpaired) electrons. The van der Waals surface area contributed by atoms with Crippen LogP contribution in [0.3, 0.4) is 0 Å². The van der Waals surface area contributed by atoms with Gasteiger partial charge in [-0.15, -0.1) is 0 Å². The van der Waals surface area contributed by atoms with Crippen LogP contribution in [0.1, 0.15) is 35.3 Å². The molecule has 2 aromatic carbocycles. The Morgan fingerprint density at radius 1 is 1.07 bits per heavy atom. The third-order valence-electron chi connectivity index (χ3n) is 5.21. The van der Waals surface area contributed by atoms with Gasteiger partial charge < -0.3 is 0 Å². The van der Waals surface area contributed by atoms with Gasteiger partial charge in [0.25, 0.3) is 5.91 Å². The Morgan fingerprint density at radius 2 is 1.77 bits per heavy atom. The molecule has 0 atom stereocenters. The zero-order valence-electron chi connectivity index (χ0n) is 16.5. The molecule has 8 heteroatoms. The lowest BCUT2D eigenvalue weighted by atomic mass is 10.1. The Balaban J connectivity index is 1.80. The molecule has 0 spiro atoms. The summed E-state index contributed by atoms with van der Waals surface area (Å²) in [5.41, 5.74) is 6.60. The molecule has 5 nitrogen and oxygen atoms in total. The van der Waals surface area contributed by atoms with Crippen molar-refractivity contribution in [2.45, 2.75) is 26.2 Å². The fraction of sp³-hybridized carbons (Fsp3) is 0.273. The average Bonchev–Trinajstić information content (AvgIpc) is 3.06. The van der Waals surface area contributed by atoms with E-state index >= 15 is 0 Å². The van der Waals surface area contributed by atoms with Crippen LogP contribution >= 0.6 is 39.1 Å². The minimum absolute atomic E-state index is 0.211. The Hall–Kier alpha value is -1.86. The minimum atomic E-state index is -0.211. The van der Waals surface area contributed by atoms with Gasteiger partial charge in [-0.05, 0) is 50.1 Å². The van der Waals surface area contributed by atoms with Crippen molar-refractivity contribution in [1.82, 2.24) is 20.2 Å². The highest BCUT2D eigenvalue weighted by Gasteiger charge is 2.24. The summed E-state index contributed by atoms with van der Waals surface area (Å²) in [4.78, 5) is 13.1. The second-order valence-electron chi connectivity index (χ2n) is 7.33. The summed E-state index contributed by atoms with van der Waals surface area (Å²) >= 11 is 16.0. The maximum atomic E-state index is 13.1. The molecule has 1 aromatic heterocycles. The molecule has 0 bridgehead atoms. The van der Waals surface area contributed by atoms with Gasteiger partial charge in [0.2, 0.25) is 0 Å². The van der Waals surface area contributed by atoms with Crippen molar-refractivity contribution in [2.75, 3.05) is 13.1 Å². The molecule has 1 saturated heterocycles. The number of aromatic nitrogens is 2. The largest absolute Gasteiger partial charge is 0.286 e. The first-order valence-corrected chi connectivity index (χ1v) is 11.4. The summed E-state index contributed by atoms with van der Waals surface area (Å²) in [6.45, 7) is 3.62. The van der Waals surface area contributed by atoms with Crippen molar-refractivity contribution in [3.63, 3.8) is 0 Å². The van der Waals surface area contributed by atoms with Crippen molar-refractivity contribution in [1.29, 1.82) is 0 Å². The van der Waals surface area contributed by atoms with Crippen molar-refractivity contribution in [2.24, 2.45) is 0 Å². The number of benzene rings is 2. The van der Waals surface area contributed by atoms with Crippen LogP contribution in [0.5, 0.6) is 0 Å². The Morgan fingerprint density at radius 3 is 2.43 bits per heavy atom. The molecule has 1 aliphatic rings. The molecule has 0 saturated carbocycles. The summed E-state index contributed by atoms with van der Waals surface area (Å²) in [6, 6.07) is 13.1. The molecule has 156 valence electrons. The topological polar surface area (TPSA) is 50.2 Å². The van der Waals surface area contributed by atoms with Gasteiger partial charge in [0.05, 0.1) is 16.4 Å². The number of carbonyl (C=O) groups excluding carboxylic acids is 1. The number of piperidine rings is 1. The van der Waals surface area contributed by atoms with Gasteiger partial charge in [0.1, 0.15) is 0 Å². The maximum absolute atomic E-state index is 13.1. The van der Waals surface area contributed by atoms with Crippen molar-refractivity contribution in [3.05, 3.63) is 68.2 Å². The number of nitrogens with zero attached hydrogens (tertiary/aromatic N) is 3. The first kappa shape index (κ1) is 21.4. The van der Waals surface area contributed by atoms with E-state index in [2.05, 4.69) is 26.5 Å². The molecule has 4 rings (SSSR count). The first-order valence-electron chi connectivity index (χ1n) is 9.81. The lowest BCUT2D eigenvalue weighted by Gasteiger charge is -2.26. The molecule has 0 unspecified atom stereocenters. The summed E-state index contributed by atoms with van der Waals surface area (Å²) < 4.78 is 2.70. The zero-order chi connectivity index (χ0) is 21.3. The minimum Gasteiger partial charge on any atom is -0.283 e. The number of rotatable bonds is 4. The van der Waals surface area contributed by atoms with Crippen LogP contribution in [0.4, 0.5) is 0 Å². The van der Waals surface area contributed by atoms with Crippen LogP contribution in [-0.4, -0.2) is 33.8 Å². The van der Waals surface area contributed by atoms with E-state index in [1.54, 1.807) is 16.8 Å². The number of nitrogens with one attached hydrogen (secondary N) is 1. The van der Waals surface area contributed by atoms with Gasteiger partial charge >= 0.3 is 0 Å². The zero-order valence-corrected chi connectivity index (χ0v) is 19.6. The van der Waals surface area contributed by atoms with Crippen LogP contribution in [0.2, 0.25) is 10.0 Å². The third kappa shape index (κ3) is 4.42. The first-order chi connectivity index (χ1) is 14.4. The molecular formula is C22H21BrCl2N4O. The van der Waals surface area contributed by atoms with Crippen LogP contribution in [0.15, 0.2) is 46.9 Å². The van der Waals surface area contributed by atoms with Gasteiger partial charge in [0, 0.05) is 33.7 Å². The fourth-order valence-corrected chi connectivity index (χ4v) is 4.44. The molecule has 1 N–H and O–H groups in total. The molecule has 2 heterocycles. The lowest BCUT2D eigenvalue weighted by Crippen LogP contribution is -2.45. The number of amides is 1. The predicted octanol–water partition coefficient (Wildman–Crippen LogP) is 6.05. The molecule has 3 aromatic rings. The van der Waals surface area contributed by atoms with E-state index in [9.17, 15) is 4.79 Å². The Labute approximate surface area is 194 Å². The maximum Gasteiger partial charge on any atom is 0.286 e. The molecule has 0 aliphatic carbocycles. The fourth-order valence-electron chi connectivity index (χ4n) is 3.69. The Kier molecular flexibility index (Phi) is 6.48. The van der Waals surface area contributed by atoms with Crippen LogP contribution in [-0.2, 0) is 0 Å². The number of hydrogen-bond donors (Lipinski definition) is 1. The summed E-state index contributed by atoms with van der Waals surface area (Å²) in [6.07, 6.45) is 3.36. The third-order valence-corrected chi connectivity index (χ3v) is 6.28. The molecule has 1 aliphatic heterocycles. The van der Waals surface area contributed by atoms with Gasteiger partial charge in [-0.2, -0.15) is 5.10 Å². The van der Waals surface area contributed by atoms with Crippen LogP contribution < -0.4 is 5.43 Å². The van der Waals surface area contributed by atoms with Crippen molar-refractivity contribution >= 4 is 45.0 Å². The highest BCUT2D eigenvalue weighted by atomic mass is 79.9. The summed E-state index contributed by atoms with van der Waals surface area (Å²) in [7, 11) is 0. The van der Waals surface area contributed by atoms with Gasteiger partial charge in [-0.3, -0.25) is 10.2 Å². The standard InChI is InChI=1S/C22H21BrCl2N4O/c1-14-20(22(30)27-28-11-3-2-4-12-28)26-29(19-10-9-17(24)13-18(19)25)21(14)15-5-7-16(23)8-6-15/h5-10,13H,2-4,11-12H2,1H3,(H,27,30). The predicted molar refractivity (Wildman–Crippen MR) is 124 cm³/mol. The summed E-state index contributed by atoms with van der Waals surface area (Å²) in [5, 5.41) is 7.65. The number of hydrazine groups is 1. The normalized spacial score (nSPS) is 14.7. The van der Waals surface area contributed by atoms with E-state index in [-0.39, 0.29) is 5.91 Å². The Bertz CT molecular complexity index is 1080. The second-order valence-corrected chi connectivity index (χ2v) is 9.08. The van der Waals surface area contributed by atoms with Gasteiger partial charge in [-0.1, -0.05) is 57.7 Å². The van der Waals surface area contributed by atoms with E-state index in [1.165, 1.54) is 6.42 Å². The highest BCUT2D eigenvalue weighted by Crippen LogP contribution is 2.33. The quantitative estimate of drug-likeness (QED) is 0.467. The molecular weight excluding hydrogens is 487 g/mol.